The van der Waals surface area contributed by atoms with E-state index in [1.807, 2.05) is 13.1 Å². The van der Waals surface area contributed by atoms with Gasteiger partial charge < -0.3 is 10.6 Å². The Morgan fingerprint density at radius 3 is 2.70 bits per heavy atom. The molecule has 0 atom stereocenters. The number of halogens is 1. The van der Waals surface area contributed by atoms with Crippen LogP contribution in [0.25, 0.3) is 0 Å². The summed E-state index contributed by atoms with van der Waals surface area (Å²) in [5.41, 5.74) is 0.294. The molecule has 0 aromatic heterocycles. The monoisotopic (exact) mass is 278 g/mol. The van der Waals surface area contributed by atoms with E-state index in [0.29, 0.717) is 6.54 Å². The van der Waals surface area contributed by atoms with Crippen LogP contribution in [0.5, 0.6) is 0 Å². The molecular weight excluding hydrogens is 255 g/mol. The molecule has 0 heterocycles. The van der Waals surface area contributed by atoms with Crippen LogP contribution in [0, 0.1) is 5.82 Å². The van der Waals surface area contributed by atoms with Crippen LogP contribution < -0.4 is 10.6 Å². The number of hydrogen-bond donors (Lipinski definition) is 2. The van der Waals surface area contributed by atoms with Crippen molar-refractivity contribution < 1.29 is 9.18 Å². The molecule has 1 aromatic carbocycles. The van der Waals surface area contributed by atoms with Gasteiger partial charge in [-0.1, -0.05) is 25.0 Å². The van der Waals surface area contributed by atoms with Gasteiger partial charge in [0.25, 0.3) is 0 Å². The number of carbonyl (C=O) groups excluding carboxylic acids is 1. The Balaban J connectivity index is 2.11. The van der Waals surface area contributed by atoms with Gasteiger partial charge in [-0.2, -0.15) is 0 Å². The average Bonchev–Trinajstić information content (AvgIpc) is 2.94. The van der Waals surface area contributed by atoms with Gasteiger partial charge in [0.05, 0.1) is 5.41 Å². The highest BCUT2D eigenvalue weighted by molar-refractivity contribution is 5.88. The molecule has 0 bridgehead atoms. The van der Waals surface area contributed by atoms with Crippen LogP contribution in [-0.2, 0) is 10.2 Å². The van der Waals surface area contributed by atoms with Gasteiger partial charge in [-0.3, -0.25) is 4.79 Å². The Kier molecular flexibility index (Phi) is 5.12. The van der Waals surface area contributed by atoms with Crippen LogP contribution in [0.15, 0.2) is 24.3 Å². The van der Waals surface area contributed by atoms with Crippen molar-refractivity contribution >= 4 is 5.91 Å². The minimum atomic E-state index is -0.526. The van der Waals surface area contributed by atoms with Gasteiger partial charge in [-0.15, -0.1) is 0 Å². The van der Waals surface area contributed by atoms with E-state index in [2.05, 4.69) is 10.6 Å². The molecule has 3 nitrogen and oxygen atoms in total. The Morgan fingerprint density at radius 2 is 2.05 bits per heavy atom. The van der Waals surface area contributed by atoms with Crippen molar-refractivity contribution in [2.45, 2.75) is 37.5 Å². The highest BCUT2D eigenvalue weighted by Crippen LogP contribution is 2.41. The van der Waals surface area contributed by atoms with Crippen LogP contribution in [-0.4, -0.2) is 26.0 Å². The van der Waals surface area contributed by atoms with E-state index in [4.69, 9.17) is 0 Å². The summed E-state index contributed by atoms with van der Waals surface area (Å²) >= 11 is 0. The van der Waals surface area contributed by atoms with Crippen molar-refractivity contribution in [1.82, 2.24) is 10.6 Å². The maximum Gasteiger partial charge on any atom is 0.230 e. The molecule has 1 aromatic rings. The molecule has 1 fully saturated rings. The molecule has 2 rings (SSSR count). The van der Waals surface area contributed by atoms with Gasteiger partial charge in [0.1, 0.15) is 5.82 Å². The zero-order valence-corrected chi connectivity index (χ0v) is 12.0. The SMILES string of the molecule is CNCCCNC(=O)C1(c2cccc(F)c2)CCCC1. The van der Waals surface area contributed by atoms with Gasteiger partial charge in [0.2, 0.25) is 5.91 Å². The normalized spacial score (nSPS) is 17.1. The molecule has 0 radical (unpaired) electrons. The first-order chi connectivity index (χ1) is 9.69. The lowest BCUT2D eigenvalue weighted by Crippen LogP contribution is -2.43. The average molecular weight is 278 g/mol. The fourth-order valence-corrected chi connectivity index (χ4v) is 3.05. The third kappa shape index (κ3) is 3.18. The quantitative estimate of drug-likeness (QED) is 0.784. The van der Waals surface area contributed by atoms with Crippen molar-refractivity contribution in [2.75, 3.05) is 20.1 Å². The van der Waals surface area contributed by atoms with Gasteiger partial charge >= 0.3 is 0 Å². The van der Waals surface area contributed by atoms with E-state index in [1.165, 1.54) is 12.1 Å². The molecule has 0 unspecified atom stereocenters. The van der Waals surface area contributed by atoms with E-state index < -0.39 is 5.41 Å². The number of amides is 1. The molecule has 1 aliphatic carbocycles. The molecular formula is C16H23FN2O. The number of hydrogen-bond acceptors (Lipinski definition) is 2. The molecule has 0 spiro atoms. The maximum absolute atomic E-state index is 13.5. The summed E-state index contributed by atoms with van der Waals surface area (Å²) in [6.07, 6.45) is 4.59. The molecule has 1 amide bonds. The molecule has 0 saturated heterocycles. The fraction of sp³-hybridized carbons (Fsp3) is 0.562. The Morgan fingerprint density at radius 1 is 1.30 bits per heavy atom. The number of rotatable bonds is 6. The zero-order chi connectivity index (χ0) is 14.4. The first kappa shape index (κ1) is 15.0. The van der Waals surface area contributed by atoms with Gasteiger partial charge in [-0.05, 0) is 50.6 Å². The molecule has 0 aliphatic heterocycles. The van der Waals surface area contributed by atoms with Gasteiger partial charge in [0.15, 0.2) is 0 Å². The number of benzene rings is 1. The third-order valence-corrected chi connectivity index (χ3v) is 4.16. The predicted octanol–water partition coefficient (Wildman–Crippen LogP) is 2.36. The first-order valence-electron chi connectivity index (χ1n) is 7.38. The Labute approximate surface area is 120 Å². The molecule has 2 N–H and O–H groups in total. The summed E-state index contributed by atoms with van der Waals surface area (Å²) in [4.78, 5) is 12.6. The van der Waals surface area contributed by atoms with E-state index in [1.54, 1.807) is 6.07 Å². The van der Waals surface area contributed by atoms with Crippen molar-refractivity contribution in [3.8, 4) is 0 Å². The standard InChI is InChI=1S/C16H23FN2O/c1-18-10-5-11-19-15(20)16(8-2-3-9-16)13-6-4-7-14(17)12-13/h4,6-7,12,18H,2-3,5,8-11H2,1H3,(H,19,20). The number of carbonyl (C=O) groups is 1. The Hall–Kier alpha value is -1.42. The summed E-state index contributed by atoms with van der Waals surface area (Å²) in [7, 11) is 1.90. The minimum Gasteiger partial charge on any atom is -0.355 e. The van der Waals surface area contributed by atoms with Crippen LogP contribution >= 0.6 is 0 Å². The lowest BCUT2D eigenvalue weighted by molar-refractivity contribution is -0.126. The lowest BCUT2D eigenvalue weighted by atomic mass is 9.78. The van der Waals surface area contributed by atoms with E-state index in [0.717, 1.165) is 44.2 Å². The second-order valence-electron chi connectivity index (χ2n) is 5.51. The highest BCUT2D eigenvalue weighted by atomic mass is 19.1. The second-order valence-corrected chi connectivity index (χ2v) is 5.51. The summed E-state index contributed by atoms with van der Waals surface area (Å²) in [6, 6.07) is 6.51. The molecule has 20 heavy (non-hydrogen) atoms. The molecule has 4 heteroatoms. The second kappa shape index (κ2) is 6.84. The van der Waals surface area contributed by atoms with Crippen molar-refractivity contribution in [1.29, 1.82) is 0 Å². The van der Waals surface area contributed by atoms with Crippen LogP contribution in [0.3, 0.4) is 0 Å². The molecule has 1 saturated carbocycles. The Bertz CT molecular complexity index is 456. The minimum absolute atomic E-state index is 0.0525. The molecule has 1 aliphatic rings. The van der Waals surface area contributed by atoms with Crippen LogP contribution in [0.1, 0.15) is 37.7 Å². The largest absolute Gasteiger partial charge is 0.355 e. The summed E-state index contributed by atoms with van der Waals surface area (Å²) in [5, 5.41) is 6.08. The third-order valence-electron chi connectivity index (χ3n) is 4.16. The van der Waals surface area contributed by atoms with Crippen molar-refractivity contribution in [2.24, 2.45) is 0 Å². The van der Waals surface area contributed by atoms with Crippen LogP contribution in [0.2, 0.25) is 0 Å². The predicted molar refractivity (Wildman–Crippen MR) is 78.1 cm³/mol. The topological polar surface area (TPSA) is 41.1 Å². The fourth-order valence-electron chi connectivity index (χ4n) is 3.05. The first-order valence-corrected chi connectivity index (χ1v) is 7.38. The summed E-state index contributed by atoms with van der Waals surface area (Å²) in [5.74, 6) is -0.214. The zero-order valence-electron chi connectivity index (χ0n) is 12.0. The highest BCUT2D eigenvalue weighted by Gasteiger charge is 2.42. The van der Waals surface area contributed by atoms with Crippen LogP contribution in [0.4, 0.5) is 4.39 Å². The van der Waals surface area contributed by atoms with Gasteiger partial charge in [0, 0.05) is 6.54 Å². The van der Waals surface area contributed by atoms with Gasteiger partial charge in [-0.25, -0.2) is 4.39 Å². The van der Waals surface area contributed by atoms with E-state index in [9.17, 15) is 9.18 Å². The van der Waals surface area contributed by atoms with E-state index >= 15 is 0 Å². The lowest BCUT2D eigenvalue weighted by Gasteiger charge is -2.28. The molecule has 110 valence electrons. The summed E-state index contributed by atoms with van der Waals surface area (Å²) in [6.45, 7) is 1.55. The summed E-state index contributed by atoms with van der Waals surface area (Å²) < 4.78 is 13.5. The van der Waals surface area contributed by atoms with Crippen molar-refractivity contribution in [3.05, 3.63) is 35.6 Å². The van der Waals surface area contributed by atoms with Crippen molar-refractivity contribution in [3.63, 3.8) is 0 Å². The maximum atomic E-state index is 13.5. The smallest absolute Gasteiger partial charge is 0.230 e. The van der Waals surface area contributed by atoms with E-state index in [-0.39, 0.29) is 11.7 Å². The number of nitrogens with one attached hydrogen (secondary N) is 2.